The Morgan fingerprint density at radius 1 is 1.33 bits per heavy atom. The van der Waals surface area contributed by atoms with Crippen LogP contribution >= 0.6 is 0 Å². The molecule has 0 atom stereocenters. The van der Waals surface area contributed by atoms with Crippen LogP contribution in [0.5, 0.6) is 0 Å². The molecule has 2 rings (SSSR count). The highest BCUT2D eigenvalue weighted by atomic mass is 16.6. The molecule has 0 bridgehead atoms. The molecule has 0 saturated heterocycles. The molecular formula is C14H14N4O3. The van der Waals surface area contributed by atoms with Crippen molar-refractivity contribution in [3.8, 4) is 0 Å². The first-order chi connectivity index (χ1) is 9.90. The molecule has 0 aliphatic rings. The number of carbonyl (C=O) groups is 1. The second-order valence-corrected chi connectivity index (χ2v) is 4.63. The lowest BCUT2D eigenvalue weighted by molar-refractivity contribution is -0.385. The molecule has 108 valence electrons. The van der Waals surface area contributed by atoms with E-state index in [0.29, 0.717) is 22.4 Å². The van der Waals surface area contributed by atoms with E-state index < -0.39 is 4.92 Å². The van der Waals surface area contributed by atoms with E-state index in [1.807, 2.05) is 0 Å². The van der Waals surface area contributed by atoms with Gasteiger partial charge < -0.3 is 11.1 Å². The van der Waals surface area contributed by atoms with Gasteiger partial charge >= 0.3 is 0 Å². The number of rotatable bonds is 3. The van der Waals surface area contributed by atoms with Gasteiger partial charge in [-0.25, -0.2) is 0 Å². The Bertz CT molecular complexity index is 728. The van der Waals surface area contributed by atoms with Gasteiger partial charge in [-0.05, 0) is 31.5 Å². The Labute approximate surface area is 121 Å². The summed E-state index contributed by atoms with van der Waals surface area (Å²) in [6.45, 7) is 3.31. The Morgan fingerprint density at radius 2 is 2.05 bits per heavy atom. The molecule has 0 saturated carbocycles. The van der Waals surface area contributed by atoms with Gasteiger partial charge in [0, 0.05) is 23.5 Å². The standard InChI is InChI=1S/C14H14N4O3/c1-8-6-13(18(20)21)9(2)5-12(8)17-14(19)10-3-4-16-7-11(10)15/h3-7H,15H2,1-2H3,(H,17,19). The molecule has 7 nitrogen and oxygen atoms in total. The van der Waals surface area contributed by atoms with Crippen molar-refractivity contribution >= 4 is 23.0 Å². The van der Waals surface area contributed by atoms with Gasteiger partial charge in [0.05, 0.1) is 22.4 Å². The summed E-state index contributed by atoms with van der Waals surface area (Å²) < 4.78 is 0. The third-order valence-corrected chi connectivity index (χ3v) is 3.08. The van der Waals surface area contributed by atoms with E-state index in [0.717, 1.165) is 0 Å². The highest BCUT2D eigenvalue weighted by Crippen LogP contribution is 2.26. The molecule has 1 amide bonds. The minimum absolute atomic E-state index is 0.0222. The molecule has 2 aromatic rings. The van der Waals surface area contributed by atoms with Gasteiger partial charge in [-0.1, -0.05) is 0 Å². The van der Waals surface area contributed by atoms with Crippen LogP contribution in [0.2, 0.25) is 0 Å². The van der Waals surface area contributed by atoms with Crippen molar-refractivity contribution in [2.75, 3.05) is 11.1 Å². The van der Waals surface area contributed by atoms with Crippen molar-refractivity contribution in [2.45, 2.75) is 13.8 Å². The second kappa shape index (κ2) is 5.58. The van der Waals surface area contributed by atoms with Crippen molar-refractivity contribution in [3.05, 3.63) is 57.4 Å². The maximum Gasteiger partial charge on any atom is 0.272 e. The fraction of sp³-hybridized carbons (Fsp3) is 0.143. The first-order valence-electron chi connectivity index (χ1n) is 6.16. The number of nitrogens with one attached hydrogen (secondary N) is 1. The van der Waals surface area contributed by atoms with Crippen molar-refractivity contribution < 1.29 is 9.72 Å². The van der Waals surface area contributed by atoms with Crippen LogP contribution in [0.15, 0.2) is 30.6 Å². The molecular weight excluding hydrogens is 272 g/mol. The van der Waals surface area contributed by atoms with Crippen LogP contribution < -0.4 is 11.1 Å². The summed E-state index contributed by atoms with van der Waals surface area (Å²) >= 11 is 0. The molecule has 0 radical (unpaired) electrons. The van der Waals surface area contributed by atoms with Crippen molar-refractivity contribution in [1.29, 1.82) is 0 Å². The van der Waals surface area contributed by atoms with Crippen LogP contribution in [0.3, 0.4) is 0 Å². The average Bonchev–Trinajstić information content (AvgIpc) is 2.42. The molecule has 3 N–H and O–H groups in total. The number of hydrogen-bond acceptors (Lipinski definition) is 5. The molecule has 1 aromatic heterocycles. The number of nitrogens with two attached hydrogens (primary N) is 1. The van der Waals surface area contributed by atoms with Crippen molar-refractivity contribution in [3.63, 3.8) is 0 Å². The van der Waals surface area contributed by atoms with Crippen LogP contribution in [0, 0.1) is 24.0 Å². The van der Waals surface area contributed by atoms with E-state index in [1.165, 1.54) is 24.5 Å². The Balaban J connectivity index is 2.32. The maximum absolute atomic E-state index is 12.2. The summed E-state index contributed by atoms with van der Waals surface area (Å²) in [4.78, 5) is 26.4. The van der Waals surface area contributed by atoms with E-state index in [4.69, 9.17) is 5.73 Å². The van der Waals surface area contributed by atoms with Crippen LogP contribution in [-0.4, -0.2) is 15.8 Å². The zero-order valence-corrected chi connectivity index (χ0v) is 11.6. The van der Waals surface area contributed by atoms with Gasteiger partial charge in [0.1, 0.15) is 0 Å². The van der Waals surface area contributed by atoms with Gasteiger partial charge in [-0.15, -0.1) is 0 Å². The van der Waals surface area contributed by atoms with E-state index in [9.17, 15) is 14.9 Å². The third-order valence-electron chi connectivity index (χ3n) is 3.08. The Morgan fingerprint density at radius 3 is 2.67 bits per heavy atom. The quantitative estimate of drug-likeness (QED) is 0.665. The van der Waals surface area contributed by atoms with Gasteiger partial charge in [0.15, 0.2) is 0 Å². The topological polar surface area (TPSA) is 111 Å². The average molecular weight is 286 g/mol. The van der Waals surface area contributed by atoms with E-state index in [2.05, 4.69) is 10.3 Å². The lowest BCUT2D eigenvalue weighted by Gasteiger charge is -2.10. The number of pyridine rings is 1. The lowest BCUT2D eigenvalue weighted by Crippen LogP contribution is -2.15. The summed E-state index contributed by atoms with van der Waals surface area (Å²) in [5.74, 6) is -0.383. The molecule has 7 heteroatoms. The summed E-state index contributed by atoms with van der Waals surface area (Å²) in [7, 11) is 0. The number of nitrogens with zero attached hydrogens (tertiary/aromatic N) is 2. The zero-order valence-electron chi connectivity index (χ0n) is 11.6. The maximum atomic E-state index is 12.2. The van der Waals surface area contributed by atoms with Gasteiger partial charge in [0.25, 0.3) is 11.6 Å². The third kappa shape index (κ3) is 2.97. The monoisotopic (exact) mass is 286 g/mol. The minimum atomic E-state index is -0.450. The van der Waals surface area contributed by atoms with Crippen LogP contribution in [0.25, 0.3) is 0 Å². The molecule has 21 heavy (non-hydrogen) atoms. The number of nitro benzene ring substituents is 1. The highest BCUT2D eigenvalue weighted by molar-refractivity contribution is 6.07. The number of nitrogen functional groups attached to an aromatic ring is 1. The van der Waals surface area contributed by atoms with Gasteiger partial charge in [-0.2, -0.15) is 0 Å². The first kappa shape index (κ1) is 14.4. The minimum Gasteiger partial charge on any atom is -0.397 e. The number of nitro groups is 1. The van der Waals surface area contributed by atoms with Crippen molar-refractivity contribution in [1.82, 2.24) is 4.98 Å². The molecule has 0 spiro atoms. The first-order valence-corrected chi connectivity index (χ1v) is 6.16. The Kier molecular flexibility index (Phi) is 3.84. The number of aromatic nitrogens is 1. The number of carbonyl (C=O) groups excluding carboxylic acids is 1. The predicted molar refractivity (Wildman–Crippen MR) is 79.2 cm³/mol. The SMILES string of the molecule is Cc1cc([N+](=O)[O-])c(C)cc1NC(=O)c1ccncc1N. The van der Waals surface area contributed by atoms with Crippen LogP contribution in [-0.2, 0) is 0 Å². The van der Waals surface area contributed by atoms with Crippen LogP contribution in [0.4, 0.5) is 17.1 Å². The number of amides is 1. The molecule has 1 aromatic carbocycles. The van der Waals surface area contributed by atoms with Crippen molar-refractivity contribution in [2.24, 2.45) is 0 Å². The molecule has 1 heterocycles. The normalized spacial score (nSPS) is 10.2. The summed E-state index contributed by atoms with van der Waals surface area (Å²) in [5, 5.41) is 13.6. The summed E-state index contributed by atoms with van der Waals surface area (Å²) in [6, 6.07) is 4.52. The molecule has 0 aliphatic carbocycles. The van der Waals surface area contributed by atoms with Crippen LogP contribution in [0.1, 0.15) is 21.5 Å². The Hall–Kier alpha value is -2.96. The molecule has 0 aliphatic heterocycles. The van der Waals surface area contributed by atoms with Gasteiger partial charge in [0.2, 0.25) is 0 Å². The summed E-state index contributed by atoms with van der Waals surface area (Å²) in [6.07, 6.45) is 2.86. The van der Waals surface area contributed by atoms with E-state index in [-0.39, 0.29) is 17.3 Å². The fourth-order valence-corrected chi connectivity index (χ4v) is 1.94. The number of hydrogen-bond donors (Lipinski definition) is 2. The molecule has 0 fully saturated rings. The van der Waals surface area contributed by atoms with Gasteiger partial charge in [-0.3, -0.25) is 19.9 Å². The van der Waals surface area contributed by atoms with E-state index in [1.54, 1.807) is 19.9 Å². The number of anilines is 2. The number of benzene rings is 1. The second-order valence-electron chi connectivity index (χ2n) is 4.63. The largest absolute Gasteiger partial charge is 0.397 e. The molecule has 0 unspecified atom stereocenters. The lowest BCUT2D eigenvalue weighted by atomic mass is 10.1. The fourth-order valence-electron chi connectivity index (χ4n) is 1.94. The smallest absolute Gasteiger partial charge is 0.272 e. The predicted octanol–water partition coefficient (Wildman–Crippen LogP) is 2.44. The van der Waals surface area contributed by atoms with E-state index >= 15 is 0 Å². The highest BCUT2D eigenvalue weighted by Gasteiger charge is 2.16. The number of aryl methyl sites for hydroxylation is 2. The summed E-state index contributed by atoms with van der Waals surface area (Å²) in [5.41, 5.74) is 7.89. The zero-order chi connectivity index (χ0) is 15.6.